The lowest BCUT2D eigenvalue weighted by atomic mass is 9.88. The number of rotatable bonds is 14. The molecule has 0 heterocycles. The lowest BCUT2D eigenvalue weighted by molar-refractivity contribution is -0.144. The van der Waals surface area contributed by atoms with Crippen LogP contribution in [0.1, 0.15) is 62.3 Å². The third-order valence-electron chi connectivity index (χ3n) is 6.92. The molecular formula is C30H41N3O4. The van der Waals surface area contributed by atoms with Crippen molar-refractivity contribution in [3.63, 3.8) is 0 Å². The largest absolute Gasteiger partial charge is 0.489 e. The summed E-state index contributed by atoms with van der Waals surface area (Å²) in [6.07, 6.45) is 4.44. The first-order valence-electron chi connectivity index (χ1n) is 13.3. The van der Waals surface area contributed by atoms with Gasteiger partial charge in [0, 0.05) is 12.1 Å². The number of aliphatic hydroxyl groups excluding tert-OH is 1. The van der Waals surface area contributed by atoms with Crippen LogP contribution in [0.2, 0.25) is 0 Å². The van der Waals surface area contributed by atoms with Crippen LogP contribution in [0.5, 0.6) is 5.75 Å². The highest BCUT2D eigenvalue weighted by Gasteiger charge is 2.28. The van der Waals surface area contributed by atoms with Gasteiger partial charge < -0.3 is 25.6 Å². The van der Waals surface area contributed by atoms with Crippen molar-refractivity contribution in [3.05, 3.63) is 64.7 Å². The van der Waals surface area contributed by atoms with Crippen LogP contribution in [0.4, 0.5) is 0 Å². The number of ether oxygens (including phenoxy) is 2. The lowest BCUT2D eigenvalue weighted by Gasteiger charge is -2.30. The zero-order valence-electron chi connectivity index (χ0n) is 22.3. The minimum absolute atomic E-state index is 0.0871. The summed E-state index contributed by atoms with van der Waals surface area (Å²) >= 11 is 0. The Balaban J connectivity index is 1.44. The van der Waals surface area contributed by atoms with Crippen LogP contribution >= 0.6 is 0 Å². The number of β-amino-alcohol motifs (C(OH)–C–C–N with tert-alkyl or cyclic N) is 1. The van der Waals surface area contributed by atoms with Crippen LogP contribution < -0.4 is 15.8 Å². The van der Waals surface area contributed by atoms with Crippen LogP contribution in [0, 0.1) is 17.2 Å². The van der Waals surface area contributed by atoms with E-state index in [1.165, 1.54) is 11.1 Å². The van der Waals surface area contributed by atoms with E-state index in [2.05, 4.69) is 49.5 Å². The Kier molecular flexibility index (Phi) is 10.5. The Morgan fingerprint density at radius 2 is 1.95 bits per heavy atom. The number of carbonyl (C=O) groups excluding carboxylic acids is 1. The normalized spacial score (nSPS) is 15.0. The maximum absolute atomic E-state index is 11.7. The topological polar surface area (TPSA) is 118 Å². The molecule has 37 heavy (non-hydrogen) atoms. The molecule has 0 saturated carbocycles. The molecular weight excluding hydrogens is 466 g/mol. The molecule has 0 aromatic heterocycles. The quantitative estimate of drug-likeness (QED) is 0.334. The molecule has 0 bridgehead atoms. The van der Waals surface area contributed by atoms with Gasteiger partial charge in [0.2, 0.25) is 0 Å². The Morgan fingerprint density at radius 3 is 2.59 bits per heavy atom. The van der Waals surface area contributed by atoms with E-state index in [1.807, 2.05) is 12.1 Å². The number of fused-ring (bicyclic) bond motifs is 1. The predicted molar refractivity (Wildman–Crippen MR) is 144 cm³/mol. The van der Waals surface area contributed by atoms with E-state index in [-0.39, 0.29) is 18.1 Å². The number of hydrogen-bond donors (Lipinski definition) is 3. The van der Waals surface area contributed by atoms with Crippen molar-refractivity contribution < 1.29 is 19.4 Å². The molecule has 0 fully saturated rings. The molecule has 0 saturated heterocycles. The van der Waals surface area contributed by atoms with Gasteiger partial charge in [-0.25, -0.2) is 0 Å². The van der Waals surface area contributed by atoms with Crippen molar-refractivity contribution >= 4 is 5.97 Å². The second-order valence-corrected chi connectivity index (χ2v) is 10.7. The highest BCUT2D eigenvalue weighted by molar-refractivity contribution is 5.75. The molecule has 0 radical (unpaired) electrons. The molecule has 1 aliphatic carbocycles. The number of esters is 1. The number of aryl methyl sites for hydroxylation is 1. The second kappa shape index (κ2) is 13.6. The van der Waals surface area contributed by atoms with Crippen LogP contribution in [0.3, 0.4) is 0 Å². The molecule has 2 aromatic rings. The smallest absolute Gasteiger partial charge is 0.322 e. The number of nitrogens with two attached hydrogens (primary N) is 1. The SMILES string of the molecule is CCOC(=O)[C@H](N)CCCc1ccc(C#N)c(OC[C@@H](O)CNC(C)(C)CC2Cc3ccccc3C2)c1. The first kappa shape index (κ1) is 28.6. The molecule has 3 rings (SSSR count). The number of aliphatic hydroxyl groups is 1. The molecule has 0 unspecified atom stereocenters. The highest BCUT2D eigenvalue weighted by Crippen LogP contribution is 2.32. The summed E-state index contributed by atoms with van der Waals surface area (Å²) in [4.78, 5) is 11.7. The zero-order chi connectivity index (χ0) is 26.8. The van der Waals surface area contributed by atoms with Crippen molar-refractivity contribution in [3.8, 4) is 11.8 Å². The van der Waals surface area contributed by atoms with Gasteiger partial charge in [0.1, 0.15) is 30.6 Å². The third-order valence-corrected chi connectivity index (χ3v) is 6.92. The molecule has 0 amide bonds. The molecule has 2 aromatic carbocycles. The van der Waals surface area contributed by atoms with Crippen molar-refractivity contribution in [1.82, 2.24) is 5.32 Å². The molecule has 0 aliphatic heterocycles. The Bertz CT molecular complexity index is 1050. The third kappa shape index (κ3) is 8.85. The summed E-state index contributed by atoms with van der Waals surface area (Å²) in [6, 6.07) is 15.6. The van der Waals surface area contributed by atoms with Gasteiger partial charge in [-0.1, -0.05) is 30.3 Å². The molecule has 7 heteroatoms. The number of hydrogen-bond acceptors (Lipinski definition) is 7. The average Bonchev–Trinajstić information content (AvgIpc) is 3.28. The fraction of sp³-hybridized carbons (Fsp3) is 0.533. The molecule has 4 N–H and O–H groups in total. The van der Waals surface area contributed by atoms with E-state index in [0.29, 0.717) is 49.6 Å². The van der Waals surface area contributed by atoms with E-state index in [4.69, 9.17) is 15.2 Å². The number of nitrogens with one attached hydrogen (secondary N) is 1. The maximum Gasteiger partial charge on any atom is 0.322 e. The van der Waals surface area contributed by atoms with Gasteiger partial charge in [-0.05, 0) is 94.0 Å². The van der Waals surface area contributed by atoms with Crippen molar-refractivity contribution in [1.29, 1.82) is 5.26 Å². The van der Waals surface area contributed by atoms with E-state index in [0.717, 1.165) is 24.8 Å². The monoisotopic (exact) mass is 507 g/mol. The first-order valence-corrected chi connectivity index (χ1v) is 13.3. The highest BCUT2D eigenvalue weighted by atomic mass is 16.5. The summed E-state index contributed by atoms with van der Waals surface area (Å²) in [6.45, 7) is 6.91. The van der Waals surface area contributed by atoms with Gasteiger partial charge in [0.15, 0.2) is 0 Å². The van der Waals surface area contributed by atoms with Gasteiger partial charge in [-0.15, -0.1) is 0 Å². The fourth-order valence-corrected chi connectivity index (χ4v) is 5.05. The number of benzene rings is 2. The lowest BCUT2D eigenvalue weighted by Crippen LogP contribution is -2.46. The van der Waals surface area contributed by atoms with E-state index >= 15 is 0 Å². The van der Waals surface area contributed by atoms with Gasteiger partial charge in [0.05, 0.1) is 12.2 Å². The van der Waals surface area contributed by atoms with Crippen LogP contribution in [-0.4, -0.2) is 48.5 Å². The van der Waals surface area contributed by atoms with Crippen molar-refractivity contribution in [2.24, 2.45) is 11.7 Å². The zero-order valence-corrected chi connectivity index (χ0v) is 22.3. The number of nitriles is 1. The minimum atomic E-state index is -0.710. The molecule has 200 valence electrons. The predicted octanol–water partition coefficient (Wildman–Crippen LogP) is 3.68. The summed E-state index contributed by atoms with van der Waals surface area (Å²) in [5.74, 6) is 0.670. The Morgan fingerprint density at radius 1 is 1.24 bits per heavy atom. The first-order chi connectivity index (χ1) is 17.7. The number of carbonyl (C=O) groups is 1. The van der Waals surface area contributed by atoms with Gasteiger partial charge in [-0.3, -0.25) is 4.79 Å². The standard InChI is InChI=1S/C30H41N3O4/c1-4-36-29(35)27(32)11-7-8-21-12-13-25(18-31)28(16-21)37-20-26(34)19-33-30(2,3)17-22-14-23-9-5-6-10-24(23)15-22/h5-6,9-10,12-13,16,22,26-27,33-34H,4,7-8,11,14-15,17,19-20,32H2,1-3H3/t26-,27+/m0/s1. The van der Waals surface area contributed by atoms with Gasteiger partial charge in [0.25, 0.3) is 0 Å². The van der Waals surface area contributed by atoms with Gasteiger partial charge >= 0.3 is 5.97 Å². The fourth-order valence-electron chi connectivity index (χ4n) is 5.05. The average molecular weight is 508 g/mol. The van der Waals surface area contributed by atoms with E-state index < -0.39 is 12.1 Å². The Labute approximate surface area is 221 Å². The summed E-state index contributed by atoms with van der Waals surface area (Å²) in [5, 5.41) is 23.6. The second-order valence-electron chi connectivity index (χ2n) is 10.7. The summed E-state index contributed by atoms with van der Waals surface area (Å²) in [5.41, 5.74) is 10.1. The minimum Gasteiger partial charge on any atom is -0.489 e. The van der Waals surface area contributed by atoms with Crippen LogP contribution in [-0.2, 0) is 28.8 Å². The van der Waals surface area contributed by atoms with Crippen molar-refractivity contribution in [2.75, 3.05) is 19.8 Å². The summed E-state index contributed by atoms with van der Waals surface area (Å²) in [7, 11) is 0. The Hall–Kier alpha value is -2.92. The molecule has 7 nitrogen and oxygen atoms in total. The van der Waals surface area contributed by atoms with Crippen LogP contribution in [0.15, 0.2) is 42.5 Å². The maximum atomic E-state index is 11.7. The molecule has 2 atom stereocenters. The molecule has 0 spiro atoms. The van der Waals surface area contributed by atoms with Crippen LogP contribution in [0.25, 0.3) is 0 Å². The van der Waals surface area contributed by atoms with Gasteiger partial charge in [-0.2, -0.15) is 5.26 Å². The summed E-state index contributed by atoms with van der Waals surface area (Å²) < 4.78 is 10.8. The molecule has 1 aliphatic rings. The van der Waals surface area contributed by atoms with E-state index in [9.17, 15) is 15.2 Å². The van der Waals surface area contributed by atoms with Crippen molar-refractivity contribution in [2.45, 2.75) is 77.0 Å². The van der Waals surface area contributed by atoms with E-state index in [1.54, 1.807) is 13.0 Å². The number of nitrogens with zero attached hydrogens (tertiary/aromatic N) is 1.